The second kappa shape index (κ2) is 8.37. The third kappa shape index (κ3) is 4.74. The Labute approximate surface area is 149 Å². The molecule has 1 aliphatic heterocycles. The van der Waals surface area contributed by atoms with E-state index in [1.54, 1.807) is 0 Å². The van der Waals surface area contributed by atoms with E-state index in [4.69, 9.17) is 4.74 Å². The maximum atomic E-state index is 13.0. The van der Waals surface area contributed by atoms with Gasteiger partial charge in [0.25, 0.3) is 5.91 Å². The molecule has 1 aromatic carbocycles. The summed E-state index contributed by atoms with van der Waals surface area (Å²) in [6.45, 7) is 2.82. The Morgan fingerprint density at radius 1 is 1.08 bits per heavy atom. The second-order valence-electron chi connectivity index (χ2n) is 7.16. The molecule has 136 valence electrons. The predicted octanol–water partition coefficient (Wildman–Crippen LogP) is 3.14. The van der Waals surface area contributed by atoms with E-state index in [0.29, 0.717) is 17.9 Å². The Balaban J connectivity index is 1.69. The number of carbonyl (C=O) groups is 2. The van der Waals surface area contributed by atoms with Crippen molar-refractivity contribution in [2.45, 2.75) is 64.0 Å². The van der Waals surface area contributed by atoms with Crippen LogP contribution in [0, 0.1) is 0 Å². The summed E-state index contributed by atoms with van der Waals surface area (Å²) in [6.07, 6.45) is 7.85. The lowest BCUT2D eigenvalue weighted by Crippen LogP contribution is -2.49. The van der Waals surface area contributed by atoms with E-state index >= 15 is 0 Å². The molecule has 1 heterocycles. The minimum atomic E-state index is -0.0414. The van der Waals surface area contributed by atoms with Gasteiger partial charge in [-0.2, -0.15) is 0 Å². The van der Waals surface area contributed by atoms with Crippen LogP contribution in [-0.2, 0) is 4.79 Å². The van der Waals surface area contributed by atoms with Crippen LogP contribution in [0.4, 0.5) is 0 Å². The number of para-hydroxylation sites is 1. The molecule has 3 rings (SSSR count). The molecule has 1 saturated carbocycles. The molecule has 0 spiro atoms. The van der Waals surface area contributed by atoms with Crippen molar-refractivity contribution < 1.29 is 14.3 Å². The fourth-order valence-electron chi connectivity index (χ4n) is 3.85. The van der Waals surface area contributed by atoms with Crippen molar-refractivity contribution in [1.29, 1.82) is 0 Å². The van der Waals surface area contributed by atoms with Gasteiger partial charge in [0.2, 0.25) is 5.91 Å². The van der Waals surface area contributed by atoms with Gasteiger partial charge in [-0.25, -0.2) is 0 Å². The van der Waals surface area contributed by atoms with Crippen molar-refractivity contribution in [1.82, 2.24) is 10.2 Å². The summed E-state index contributed by atoms with van der Waals surface area (Å²) in [5, 5.41) is 2.93. The number of nitrogens with one attached hydrogen (secondary N) is 1. The van der Waals surface area contributed by atoms with Crippen molar-refractivity contribution in [2.75, 3.05) is 13.1 Å². The maximum Gasteiger partial charge on any atom is 0.257 e. The van der Waals surface area contributed by atoms with E-state index in [0.717, 1.165) is 32.2 Å². The van der Waals surface area contributed by atoms with Gasteiger partial charge in [-0.3, -0.25) is 9.59 Å². The zero-order valence-electron chi connectivity index (χ0n) is 15.0. The van der Waals surface area contributed by atoms with Gasteiger partial charge in [-0.05, 0) is 50.7 Å². The molecule has 0 bridgehead atoms. The van der Waals surface area contributed by atoms with Gasteiger partial charge >= 0.3 is 0 Å². The molecule has 2 aliphatic rings. The monoisotopic (exact) mass is 344 g/mol. The Morgan fingerprint density at radius 2 is 1.84 bits per heavy atom. The van der Waals surface area contributed by atoms with Crippen LogP contribution in [0.15, 0.2) is 24.3 Å². The van der Waals surface area contributed by atoms with Gasteiger partial charge in [-0.15, -0.1) is 0 Å². The molecule has 1 aliphatic carbocycles. The maximum absolute atomic E-state index is 13.0. The molecule has 1 atom stereocenters. The number of piperidine rings is 1. The van der Waals surface area contributed by atoms with E-state index in [1.165, 1.54) is 26.2 Å². The van der Waals surface area contributed by atoms with Crippen LogP contribution in [0.25, 0.3) is 0 Å². The summed E-state index contributed by atoms with van der Waals surface area (Å²) in [5.74, 6) is 0.655. The highest BCUT2D eigenvalue weighted by Crippen LogP contribution is 2.27. The van der Waals surface area contributed by atoms with Gasteiger partial charge in [-0.1, -0.05) is 18.6 Å². The minimum absolute atomic E-state index is 0.00135. The van der Waals surface area contributed by atoms with E-state index < -0.39 is 0 Å². The zero-order chi connectivity index (χ0) is 17.6. The molecule has 1 aromatic rings. The first-order valence-electron chi connectivity index (χ1n) is 9.45. The topological polar surface area (TPSA) is 58.6 Å². The molecule has 5 nitrogen and oxygen atoms in total. The van der Waals surface area contributed by atoms with Crippen molar-refractivity contribution in [3.05, 3.63) is 29.8 Å². The number of carbonyl (C=O) groups excluding carboxylic acids is 2. The number of hydrogen-bond donors (Lipinski definition) is 1. The summed E-state index contributed by atoms with van der Waals surface area (Å²) >= 11 is 0. The zero-order valence-corrected chi connectivity index (χ0v) is 15.0. The Bertz CT molecular complexity index is 611. The molecular formula is C20H28N2O3. The van der Waals surface area contributed by atoms with Gasteiger partial charge in [0.15, 0.2) is 0 Å². The van der Waals surface area contributed by atoms with Gasteiger partial charge in [0.1, 0.15) is 5.75 Å². The van der Waals surface area contributed by atoms with Crippen LogP contribution >= 0.6 is 0 Å². The molecular weight excluding hydrogens is 316 g/mol. The van der Waals surface area contributed by atoms with E-state index in [-0.39, 0.29) is 24.0 Å². The van der Waals surface area contributed by atoms with Crippen molar-refractivity contribution >= 4 is 11.8 Å². The summed E-state index contributed by atoms with van der Waals surface area (Å²) < 4.78 is 6.17. The number of rotatable bonds is 4. The lowest BCUT2D eigenvalue weighted by atomic mass is 9.97. The van der Waals surface area contributed by atoms with Crippen LogP contribution in [0.2, 0.25) is 0 Å². The molecule has 0 radical (unpaired) electrons. The normalized spacial score (nSPS) is 21.6. The largest absolute Gasteiger partial charge is 0.490 e. The van der Waals surface area contributed by atoms with Gasteiger partial charge in [0.05, 0.1) is 11.7 Å². The van der Waals surface area contributed by atoms with Crippen molar-refractivity contribution in [2.24, 2.45) is 0 Å². The minimum Gasteiger partial charge on any atom is -0.490 e. The number of nitrogens with zero attached hydrogens (tertiary/aromatic N) is 1. The lowest BCUT2D eigenvalue weighted by Gasteiger charge is -2.33. The van der Waals surface area contributed by atoms with E-state index in [9.17, 15) is 9.59 Å². The summed E-state index contributed by atoms with van der Waals surface area (Å²) in [5.41, 5.74) is 0.636. The Hall–Kier alpha value is -2.04. The first kappa shape index (κ1) is 17.8. The number of ether oxygens (including phenoxy) is 1. The van der Waals surface area contributed by atoms with Crippen LogP contribution in [-0.4, -0.2) is 41.9 Å². The summed E-state index contributed by atoms with van der Waals surface area (Å²) in [7, 11) is 0. The molecule has 1 N–H and O–H groups in total. The van der Waals surface area contributed by atoms with Crippen molar-refractivity contribution in [3.8, 4) is 5.75 Å². The summed E-state index contributed by atoms with van der Waals surface area (Å²) in [6, 6.07) is 7.60. The van der Waals surface area contributed by atoms with Gasteiger partial charge in [0, 0.05) is 26.1 Å². The van der Waals surface area contributed by atoms with Crippen molar-refractivity contribution in [3.63, 3.8) is 0 Å². The first-order valence-corrected chi connectivity index (χ1v) is 9.45. The molecule has 5 heteroatoms. The van der Waals surface area contributed by atoms with Crippen LogP contribution in [0.1, 0.15) is 62.2 Å². The quantitative estimate of drug-likeness (QED) is 0.913. The highest BCUT2D eigenvalue weighted by molar-refractivity contribution is 5.97. The molecule has 1 unspecified atom stereocenters. The second-order valence-corrected chi connectivity index (χ2v) is 7.16. The average Bonchev–Trinajstić information content (AvgIpc) is 2.62. The highest BCUT2D eigenvalue weighted by Gasteiger charge is 2.27. The number of amides is 2. The van der Waals surface area contributed by atoms with E-state index in [2.05, 4.69) is 5.32 Å². The summed E-state index contributed by atoms with van der Waals surface area (Å²) in [4.78, 5) is 26.2. The molecule has 0 aromatic heterocycles. The Morgan fingerprint density at radius 3 is 2.60 bits per heavy atom. The lowest BCUT2D eigenvalue weighted by molar-refractivity contribution is -0.120. The predicted molar refractivity (Wildman–Crippen MR) is 96.7 cm³/mol. The van der Waals surface area contributed by atoms with Crippen LogP contribution in [0.3, 0.4) is 0 Å². The third-order valence-corrected chi connectivity index (χ3v) is 5.08. The first-order chi connectivity index (χ1) is 12.1. The SMILES string of the molecule is CC(=O)NC1CCCN(C(=O)c2ccccc2OC2CCCCC2)C1. The smallest absolute Gasteiger partial charge is 0.257 e. The van der Waals surface area contributed by atoms with E-state index in [1.807, 2.05) is 29.2 Å². The fourth-order valence-corrected chi connectivity index (χ4v) is 3.85. The number of benzene rings is 1. The molecule has 1 saturated heterocycles. The highest BCUT2D eigenvalue weighted by atomic mass is 16.5. The van der Waals surface area contributed by atoms with Gasteiger partial charge < -0.3 is 15.0 Å². The van der Waals surface area contributed by atoms with Crippen LogP contribution in [0.5, 0.6) is 5.75 Å². The third-order valence-electron chi connectivity index (χ3n) is 5.08. The number of likely N-dealkylation sites (tertiary alicyclic amines) is 1. The van der Waals surface area contributed by atoms with Crippen LogP contribution < -0.4 is 10.1 Å². The number of hydrogen-bond acceptors (Lipinski definition) is 3. The Kier molecular flexibility index (Phi) is 5.95. The molecule has 2 amide bonds. The fraction of sp³-hybridized carbons (Fsp3) is 0.600. The molecule has 25 heavy (non-hydrogen) atoms. The average molecular weight is 344 g/mol. The standard InChI is InChI=1S/C20H28N2O3/c1-15(23)21-16-8-7-13-22(14-16)20(24)18-11-5-6-12-19(18)25-17-9-3-2-4-10-17/h5-6,11-12,16-17H,2-4,7-10,13-14H2,1H3,(H,21,23). The molecule has 2 fully saturated rings.